The second-order valence-electron chi connectivity index (χ2n) is 19.7. The number of methoxy groups -OCH3 is 1. The number of ketones is 1. The number of nitrogens with two attached hydrogens (primary N) is 1. The molecule has 0 saturated carbocycles. The minimum absolute atomic E-state index is 0.107. The summed E-state index contributed by atoms with van der Waals surface area (Å²) in [5.41, 5.74) is 4.84. The number of carbonyl (C=O) groups excluding carboxylic acids is 4. The average molecular weight is 965 g/mol. The minimum atomic E-state index is -1.56. The van der Waals surface area contributed by atoms with Crippen LogP contribution in [-0.2, 0) is 60.6 Å². The van der Waals surface area contributed by atoms with Gasteiger partial charge in [0.15, 0.2) is 11.9 Å². The lowest BCUT2D eigenvalue weighted by atomic mass is 9.73. The molecule has 3 aromatic heterocycles. The van der Waals surface area contributed by atoms with Crippen LogP contribution in [0.2, 0.25) is 0 Å². The molecule has 14 atom stereocenters. The quantitative estimate of drug-likeness (QED) is 0.101. The van der Waals surface area contributed by atoms with Gasteiger partial charge in [0.05, 0.1) is 48.2 Å². The molecule has 2 aliphatic heterocycles. The lowest BCUT2D eigenvalue weighted by molar-refractivity contribution is -0.301. The zero-order valence-corrected chi connectivity index (χ0v) is 42.5. The van der Waals surface area contributed by atoms with E-state index in [9.17, 15) is 19.5 Å². The van der Waals surface area contributed by atoms with Crippen LogP contribution in [0.1, 0.15) is 100.0 Å². The summed E-state index contributed by atoms with van der Waals surface area (Å²) in [5.74, 6) is -5.39. The molecule has 4 N–H and O–H groups in total. The molecule has 2 saturated heterocycles. The van der Waals surface area contributed by atoms with Crippen molar-refractivity contribution < 1.29 is 52.7 Å². The number of nitrogens with zero attached hydrogens (tertiary/aromatic N) is 6. The van der Waals surface area contributed by atoms with Gasteiger partial charge < -0.3 is 54.0 Å². The molecule has 2 fully saturated rings. The van der Waals surface area contributed by atoms with Crippen molar-refractivity contribution in [3.63, 3.8) is 0 Å². The third kappa shape index (κ3) is 13.7. The fraction of sp³-hybridized carbons (Fsp3) is 0.680. The van der Waals surface area contributed by atoms with E-state index in [1.807, 2.05) is 57.5 Å². The molecule has 0 aliphatic carbocycles. The lowest BCUT2D eigenvalue weighted by Gasteiger charge is -2.49. The van der Waals surface area contributed by atoms with Crippen molar-refractivity contribution in [2.45, 2.75) is 167 Å². The first-order valence-electron chi connectivity index (χ1n) is 24.2. The Labute approximate surface area is 406 Å². The number of aliphatic hydroxyl groups is 1. The Morgan fingerprint density at radius 2 is 1.75 bits per heavy atom. The smallest absolute Gasteiger partial charge is 0.312 e. The molecule has 3 aromatic rings. The number of anilines is 1. The Kier molecular flexibility index (Phi) is 19.4. The van der Waals surface area contributed by atoms with Gasteiger partial charge in [-0.15, -0.1) is 0 Å². The van der Waals surface area contributed by atoms with Crippen molar-refractivity contribution in [1.29, 1.82) is 0 Å². The Morgan fingerprint density at radius 3 is 2.38 bits per heavy atom. The number of Topliss-reactive ketones (excluding diaryl/α,β-unsaturated/α-hetero) is 1. The average Bonchev–Trinajstić information content (AvgIpc) is 3.78. The number of pyridine rings is 1. The van der Waals surface area contributed by atoms with E-state index >= 15 is 4.79 Å². The van der Waals surface area contributed by atoms with Crippen molar-refractivity contribution in [2.24, 2.45) is 23.7 Å². The highest BCUT2D eigenvalue weighted by Gasteiger charge is 2.54. The number of unbranched alkanes of at least 4 members (excludes halogenated alkanes) is 1. The fourth-order valence-corrected chi connectivity index (χ4v) is 10.2. The number of aryl methyl sites for hydroxylation is 1. The number of cyclic esters (lactones) is 1. The van der Waals surface area contributed by atoms with Crippen molar-refractivity contribution in [1.82, 2.24) is 34.7 Å². The maximum Gasteiger partial charge on any atom is 0.312 e. The van der Waals surface area contributed by atoms with Gasteiger partial charge in [0.2, 0.25) is 5.95 Å². The van der Waals surface area contributed by atoms with Crippen LogP contribution in [0.5, 0.6) is 0 Å². The molecule has 382 valence electrons. The van der Waals surface area contributed by atoms with E-state index in [-0.39, 0.29) is 43.1 Å². The van der Waals surface area contributed by atoms with Crippen molar-refractivity contribution in [3.8, 4) is 11.3 Å². The van der Waals surface area contributed by atoms with Crippen LogP contribution < -0.4 is 11.1 Å². The summed E-state index contributed by atoms with van der Waals surface area (Å²) in [7, 11) is 5.27. The molecule has 0 radical (unpaired) electrons. The fourth-order valence-electron chi connectivity index (χ4n) is 10.2. The van der Waals surface area contributed by atoms with Crippen LogP contribution in [0, 0.1) is 23.7 Å². The van der Waals surface area contributed by atoms with Crippen LogP contribution in [0.25, 0.3) is 11.3 Å². The Balaban J connectivity index is 1.52. The lowest BCUT2D eigenvalue weighted by Crippen LogP contribution is -2.64. The third-order valence-corrected chi connectivity index (χ3v) is 14.0. The van der Waals surface area contributed by atoms with Gasteiger partial charge in [0, 0.05) is 80.9 Å². The van der Waals surface area contributed by atoms with Crippen LogP contribution in [0.3, 0.4) is 0 Å². The second-order valence-corrected chi connectivity index (χ2v) is 19.7. The van der Waals surface area contributed by atoms with Crippen LogP contribution >= 0.6 is 0 Å². The molecular formula is C50H76N8O11. The predicted octanol–water partition coefficient (Wildman–Crippen LogP) is 4.59. The van der Waals surface area contributed by atoms with Crippen molar-refractivity contribution in [2.75, 3.05) is 33.5 Å². The summed E-state index contributed by atoms with van der Waals surface area (Å²) in [6.45, 7) is 16.6. The second kappa shape index (κ2) is 24.3. The van der Waals surface area contributed by atoms with E-state index in [1.54, 1.807) is 70.9 Å². The molecule has 69 heavy (non-hydrogen) atoms. The first-order chi connectivity index (χ1) is 32.6. The zero-order chi connectivity index (χ0) is 50.8. The SMILES string of the molecule is CC[C@H]1OC(=O)[C@H](C)C(OC(=O)Cc2cccnc2)[C@H](C)C(OC2O[C@H](C)C[C@H](N(C)C)[C@H]2O)[C@](C)(OC)C[C@@H](C)C(=O)[C@H](C)C(NCCCCn2cnc(-c3cnc(N)nc3)c2)[C@]1(C)OC(C)=O. The predicted molar refractivity (Wildman–Crippen MR) is 256 cm³/mol. The number of imidazole rings is 1. The minimum Gasteiger partial charge on any atom is -0.461 e. The Morgan fingerprint density at radius 1 is 1.04 bits per heavy atom. The van der Waals surface area contributed by atoms with Gasteiger partial charge in [-0.2, -0.15) is 0 Å². The third-order valence-electron chi connectivity index (χ3n) is 14.0. The number of esters is 3. The van der Waals surface area contributed by atoms with Gasteiger partial charge in [-0.25, -0.2) is 15.0 Å². The number of aromatic nitrogens is 5. The van der Waals surface area contributed by atoms with Gasteiger partial charge in [0.1, 0.15) is 24.1 Å². The monoisotopic (exact) mass is 965 g/mol. The summed E-state index contributed by atoms with van der Waals surface area (Å²) in [4.78, 5) is 75.6. The van der Waals surface area contributed by atoms with Crippen LogP contribution in [-0.4, -0.2) is 146 Å². The summed E-state index contributed by atoms with van der Waals surface area (Å²) in [5, 5.41) is 15.3. The van der Waals surface area contributed by atoms with Crippen molar-refractivity contribution in [3.05, 3.63) is 55.0 Å². The van der Waals surface area contributed by atoms with Gasteiger partial charge >= 0.3 is 17.9 Å². The van der Waals surface area contributed by atoms with E-state index in [1.165, 1.54) is 14.0 Å². The van der Waals surface area contributed by atoms with Gasteiger partial charge in [0.25, 0.3) is 0 Å². The summed E-state index contributed by atoms with van der Waals surface area (Å²) in [6.07, 6.45) is 6.30. The maximum absolute atomic E-state index is 15.0. The molecule has 4 unspecified atom stereocenters. The normalized spacial score (nSPS) is 32.8. The number of ether oxygens (including phenoxy) is 6. The Hall–Kier alpha value is -4.92. The van der Waals surface area contributed by atoms with Crippen molar-refractivity contribution >= 4 is 29.6 Å². The summed E-state index contributed by atoms with van der Waals surface area (Å²) >= 11 is 0. The Bertz CT molecular complexity index is 2150. The zero-order valence-electron chi connectivity index (χ0n) is 42.5. The number of nitrogen functional groups attached to an aromatic ring is 1. The van der Waals surface area contributed by atoms with E-state index in [0.717, 1.165) is 12.0 Å². The van der Waals surface area contributed by atoms with E-state index < -0.39 is 89.5 Å². The molecule has 5 rings (SSSR count). The molecular weight excluding hydrogens is 889 g/mol. The highest BCUT2D eigenvalue weighted by atomic mass is 16.7. The van der Waals surface area contributed by atoms with Gasteiger partial charge in [-0.05, 0) is 92.1 Å². The van der Waals surface area contributed by atoms with E-state index in [2.05, 4.69) is 25.3 Å². The number of rotatable bonds is 16. The molecule has 0 bridgehead atoms. The summed E-state index contributed by atoms with van der Waals surface area (Å²) < 4.78 is 40.5. The van der Waals surface area contributed by atoms with E-state index in [0.29, 0.717) is 37.2 Å². The molecule has 19 heteroatoms. The highest BCUT2D eigenvalue weighted by Crippen LogP contribution is 2.41. The van der Waals surface area contributed by atoms with Gasteiger partial charge in [-0.1, -0.05) is 33.8 Å². The first-order valence-corrected chi connectivity index (χ1v) is 24.2. The number of hydrogen-bond donors (Lipinski definition) is 3. The number of nitrogens with one attached hydrogen (secondary N) is 1. The number of carbonyl (C=O) groups is 4. The van der Waals surface area contributed by atoms with Crippen LogP contribution in [0.15, 0.2) is 49.4 Å². The highest BCUT2D eigenvalue weighted by molar-refractivity contribution is 5.84. The topological polar surface area (TPSA) is 242 Å². The molecule has 2 aliphatic rings. The first kappa shape index (κ1) is 55.0. The largest absolute Gasteiger partial charge is 0.461 e. The van der Waals surface area contributed by atoms with Gasteiger partial charge in [-0.3, -0.25) is 24.2 Å². The molecule has 0 amide bonds. The van der Waals surface area contributed by atoms with Crippen LogP contribution in [0.4, 0.5) is 5.95 Å². The maximum atomic E-state index is 15.0. The molecule has 5 heterocycles. The molecule has 0 spiro atoms. The standard InChI is InChI=1S/C50H76N8O11/c1-13-39-50(9,69-34(7)59)44(53-19-14-15-20-58-27-37(56-28-58)36-25-54-48(51)55-26-36)31(4)41(61)29(2)23-49(8,64-12)45(68-47-42(62)38(57(10)11)21-30(3)65-47)32(5)43(33(6)46(63)66-39)67-40(60)22-35-17-16-18-52-24-35/h16-18,24-33,38-39,42-45,47,53,62H,13-15,19-23H2,1-12H3,(H2,51,54,55)/t29-,30-,31+,32+,33-,38+,39-,42-,43?,44?,45?,47?,49-,50-/m1/s1. The van der Waals surface area contributed by atoms with E-state index in [4.69, 9.17) is 34.2 Å². The molecule has 19 nitrogen and oxygen atoms in total. The number of likely N-dealkylation sites (N-methyl/N-ethyl adjacent to an activating group) is 1. The summed E-state index contributed by atoms with van der Waals surface area (Å²) in [6, 6.07) is 2.30. The number of hydrogen-bond acceptors (Lipinski definition) is 18. The number of aliphatic hydroxyl groups excluding tert-OH is 1. The molecule has 0 aromatic carbocycles.